The van der Waals surface area contributed by atoms with Gasteiger partial charge in [0, 0.05) is 19.6 Å². The zero-order chi connectivity index (χ0) is 19.7. The van der Waals surface area contributed by atoms with Gasteiger partial charge in [0.05, 0.1) is 58.8 Å². The van der Waals surface area contributed by atoms with Crippen molar-refractivity contribution in [1.82, 2.24) is 14.1 Å². The maximum atomic E-state index is 13.2. The average molecular weight is 462 g/mol. The summed E-state index contributed by atoms with van der Waals surface area (Å²) in [5.74, 6) is 0. The van der Waals surface area contributed by atoms with Crippen LogP contribution in [0.4, 0.5) is 5.69 Å². The second kappa shape index (κ2) is 7.87. The van der Waals surface area contributed by atoms with E-state index in [1.54, 1.807) is 18.3 Å². The summed E-state index contributed by atoms with van der Waals surface area (Å²) < 4.78 is 9.20. The van der Waals surface area contributed by atoms with Gasteiger partial charge in [-0.15, -0.1) is 11.3 Å². The molecule has 0 amide bonds. The van der Waals surface area contributed by atoms with Crippen molar-refractivity contribution in [3.63, 3.8) is 0 Å². The van der Waals surface area contributed by atoms with Gasteiger partial charge in [0.2, 0.25) is 0 Å². The summed E-state index contributed by atoms with van der Waals surface area (Å²) in [7, 11) is 0. The number of nitriles is 1. The lowest BCUT2D eigenvalue weighted by molar-refractivity contribution is 0.122. The molecule has 144 valence electrons. The zero-order valence-electron chi connectivity index (χ0n) is 14.8. The fourth-order valence-corrected chi connectivity index (χ4v) is 4.78. The third kappa shape index (κ3) is 3.37. The Balaban J connectivity index is 1.90. The van der Waals surface area contributed by atoms with Gasteiger partial charge in [-0.1, -0.05) is 0 Å². The Morgan fingerprint density at radius 1 is 1.21 bits per heavy atom. The first-order valence-corrected chi connectivity index (χ1v) is 10.3. The summed E-state index contributed by atoms with van der Waals surface area (Å²) in [6.45, 7) is 2.92. The van der Waals surface area contributed by atoms with Crippen molar-refractivity contribution in [2.24, 2.45) is 0 Å². The van der Waals surface area contributed by atoms with Gasteiger partial charge in [0.25, 0.3) is 5.56 Å². The summed E-state index contributed by atoms with van der Waals surface area (Å²) in [5.41, 5.74) is 0.929. The summed E-state index contributed by atoms with van der Waals surface area (Å²) >= 11 is 4.66. The molecule has 0 aromatic carbocycles. The number of halogens is 1. The fourth-order valence-electron chi connectivity index (χ4n) is 3.26. The summed E-state index contributed by atoms with van der Waals surface area (Å²) in [6.07, 6.45) is 3.40. The average Bonchev–Trinajstić information content (AvgIpc) is 3.11. The van der Waals surface area contributed by atoms with Gasteiger partial charge in [0.15, 0.2) is 0 Å². The minimum absolute atomic E-state index is 0.173. The minimum Gasteiger partial charge on any atom is -0.378 e. The van der Waals surface area contributed by atoms with Crippen molar-refractivity contribution in [2.45, 2.75) is 13.0 Å². The first-order chi connectivity index (χ1) is 13.6. The van der Waals surface area contributed by atoms with E-state index in [1.165, 1.54) is 22.1 Å². The van der Waals surface area contributed by atoms with E-state index in [0.29, 0.717) is 29.1 Å². The van der Waals surface area contributed by atoms with Crippen LogP contribution in [0, 0.1) is 11.3 Å². The van der Waals surface area contributed by atoms with Crippen LogP contribution in [0.2, 0.25) is 0 Å². The Labute approximate surface area is 172 Å². The van der Waals surface area contributed by atoms with Crippen LogP contribution in [0.15, 0.2) is 37.9 Å². The number of thiophene rings is 1. The number of pyridine rings is 1. The highest BCUT2D eigenvalue weighted by atomic mass is 79.9. The van der Waals surface area contributed by atoms with E-state index in [9.17, 15) is 9.59 Å². The predicted octanol–water partition coefficient (Wildman–Crippen LogP) is 2.12. The molecule has 0 unspecified atom stereocenters. The molecule has 1 fully saturated rings. The molecule has 4 rings (SSSR count). The van der Waals surface area contributed by atoms with Crippen LogP contribution >= 0.6 is 27.3 Å². The molecule has 0 bridgehead atoms. The molecule has 0 atom stereocenters. The van der Waals surface area contributed by atoms with Crippen molar-refractivity contribution in [1.29, 1.82) is 5.26 Å². The van der Waals surface area contributed by atoms with Crippen molar-refractivity contribution >= 4 is 43.2 Å². The van der Waals surface area contributed by atoms with Crippen LogP contribution in [0.3, 0.4) is 0 Å². The number of anilines is 1. The van der Waals surface area contributed by atoms with Crippen LogP contribution in [-0.4, -0.2) is 40.4 Å². The second-order valence-electron chi connectivity index (χ2n) is 6.25. The zero-order valence-corrected chi connectivity index (χ0v) is 17.2. The van der Waals surface area contributed by atoms with Gasteiger partial charge in [-0.05, 0) is 28.1 Å². The van der Waals surface area contributed by atoms with E-state index in [0.717, 1.165) is 27.1 Å². The number of aryl methyl sites for hydroxylation is 1. The molecular formula is C18H16BrN5O3S. The van der Waals surface area contributed by atoms with E-state index in [-0.39, 0.29) is 18.5 Å². The minimum atomic E-state index is -0.473. The van der Waals surface area contributed by atoms with Crippen LogP contribution < -0.4 is 16.1 Å². The smallest absolute Gasteiger partial charge is 0.336 e. The summed E-state index contributed by atoms with van der Waals surface area (Å²) in [4.78, 5) is 32.6. The van der Waals surface area contributed by atoms with Crippen LogP contribution in [0.1, 0.15) is 6.42 Å². The number of ether oxygens (including phenoxy) is 1. The van der Waals surface area contributed by atoms with Gasteiger partial charge in [-0.2, -0.15) is 5.26 Å². The molecule has 1 aliphatic heterocycles. The Morgan fingerprint density at radius 2 is 1.96 bits per heavy atom. The highest BCUT2D eigenvalue weighted by Crippen LogP contribution is 2.27. The molecule has 0 radical (unpaired) electrons. The lowest BCUT2D eigenvalue weighted by Crippen LogP contribution is -2.39. The quantitative estimate of drug-likeness (QED) is 0.590. The number of nitrogens with zero attached hydrogens (tertiary/aromatic N) is 5. The highest BCUT2D eigenvalue weighted by Gasteiger charge is 2.19. The fraction of sp³-hybridized carbons (Fsp3) is 0.333. The van der Waals surface area contributed by atoms with Crippen molar-refractivity contribution in [2.75, 3.05) is 31.2 Å². The molecule has 10 heteroatoms. The molecule has 0 spiro atoms. The van der Waals surface area contributed by atoms with Crippen molar-refractivity contribution in [3.8, 4) is 11.8 Å². The van der Waals surface area contributed by atoms with Gasteiger partial charge in [0.1, 0.15) is 4.70 Å². The van der Waals surface area contributed by atoms with Crippen molar-refractivity contribution in [3.05, 3.63) is 49.2 Å². The molecule has 1 saturated heterocycles. The van der Waals surface area contributed by atoms with Gasteiger partial charge < -0.3 is 9.64 Å². The number of hydrogen-bond donors (Lipinski definition) is 0. The maximum Gasteiger partial charge on any atom is 0.336 e. The molecule has 1 aliphatic rings. The number of aromatic nitrogens is 3. The van der Waals surface area contributed by atoms with Gasteiger partial charge >= 0.3 is 5.69 Å². The van der Waals surface area contributed by atoms with Crippen molar-refractivity contribution < 1.29 is 4.74 Å². The van der Waals surface area contributed by atoms with E-state index < -0.39 is 5.69 Å². The van der Waals surface area contributed by atoms with Crippen LogP contribution in [0.25, 0.3) is 15.9 Å². The standard InChI is InChI=1S/C18H16BrN5O3S/c19-15-9-14-16(28-15)17(25)24(18(26)23(14)3-1-2-20)13-8-12(10-21-11-13)22-4-6-27-7-5-22/h8-11H,1,3-7H2. The monoisotopic (exact) mass is 461 g/mol. The van der Waals surface area contributed by atoms with Crippen LogP contribution in [-0.2, 0) is 11.3 Å². The number of rotatable bonds is 4. The second-order valence-corrected chi connectivity index (χ2v) is 8.68. The molecule has 3 aromatic rings. The highest BCUT2D eigenvalue weighted by molar-refractivity contribution is 9.11. The maximum absolute atomic E-state index is 13.2. The first-order valence-electron chi connectivity index (χ1n) is 8.70. The lowest BCUT2D eigenvalue weighted by Gasteiger charge is -2.28. The Kier molecular flexibility index (Phi) is 5.30. The van der Waals surface area contributed by atoms with Crippen LogP contribution in [0.5, 0.6) is 0 Å². The van der Waals surface area contributed by atoms with E-state index >= 15 is 0 Å². The molecule has 4 heterocycles. The molecule has 0 N–H and O–H groups in total. The van der Waals surface area contributed by atoms with E-state index in [4.69, 9.17) is 10.00 Å². The predicted molar refractivity (Wildman–Crippen MR) is 110 cm³/mol. The van der Waals surface area contributed by atoms with Gasteiger partial charge in [-0.25, -0.2) is 9.36 Å². The molecule has 0 saturated carbocycles. The van der Waals surface area contributed by atoms with Gasteiger partial charge in [-0.3, -0.25) is 14.3 Å². The lowest BCUT2D eigenvalue weighted by atomic mass is 10.3. The Morgan fingerprint density at radius 3 is 2.71 bits per heavy atom. The molecular weight excluding hydrogens is 446 g/mol. The molecule has 8 nitrogen and oxygen atoms in total. The number of fused-ring (bicyclic) bond motifs is 1. The van der Waals surface area contributed by atoms with E-state index in [2.05, 4.69) is 31.9 Å². The molecule has 28 heavy (non-hydrogen) atoms. The summed E-state index contributed by atoms with van der Waals surface area (Å²) in [5, 5.41) is 8.95. The SMILES string of the molecule is N#CCCn1c(=O)n(-c2cncc(N3CCOCC3)c2)c(=O)c2sc(Br)cc21. The Bertz CT molecular complexity index is 1190. The Hall–Kier alpha value is -2.48. The largest absolute Gasteiger partial charge is 0.378 e. The topological polar surface area (TPSA) is 93.2 Å². The first kappa shape index (κ1) is 18.9. The number of hydrogen-bond acceptors (Lipinski definition) is 7. The molecule has 0 aliphatic carbocycles. The molecule has 3 aromatic heterocycles. The third-order valence-electron chi connectivity index (χ3n) is 4.58. The van der Waals surface area contributed by atoms with E-state index in [1.807, 2.05) is 0 Å². The number of morpholine rings is 1. The normalized spacial score (nSPS) is 14.4. The summed E-state index contributed by atoms with van der Waals surface area (Å²) in [6, 6.07) is 5.59. The third-order valence-corrected chi connectivity index (χ3v) is 6.20.